The summed E-state index contributed by atoms with van der Waals surface area (Å²) in [6.45, 7) is 0.811. The molecule has 2 heterocycles. The molecule has 3 rings (SSSR count). The Kier molecular flexibility index (Phi) is 3.62. The third-order valence-electron chi connectivity index (χ3n) is 3.86. The number of halogens is 1. The molecule has 0 aromatic carbocycles. The molecule has 1 aliphatic carbocycles. The van der Waals surface area contributed by atoms with Crippen molar-refractivity contribution in [1.82, 2.24) is 8.94 Å². The second kappa shape index (κ2) is 5.25. The van der Waals surface area contributed by atoms with Gasteiger partial charge in [-0.05, 0) is 46.2 Å². The molecule has 2 aromatic heterocycles. The molecule has 0 unspecified atom stereocenters. The maximum absolute atomic E-state index is 12.4. The van der Waals surface area contributed by atoms with Gasteiger partial charge in [0.05, 0.1) is 5.39 Å². The quantitative estimate of drug-likeness (QED) is 0.910. The Bertz CT molecular complexity index is 658. The minimum atomic E-state index is 0.0398. The molecule has 1 fully saturated rings. The monoisotopic (exact) mass is 341 g/mol. The van der Waals surface area contributed by atoms with Crippen LogP contribution in [0.15, 0.2) is 15.5 Å². The van der Waals surface area contributed by atoms with Crippen LogP contribution < -0.4 is 11.3 Å². The molecule has 0 spiro atoms. The van der Waals surface area contributed by atoms with E-state index in [0.29, 0.717) is 16.4 Å². The van der Waals surface area contributed by atoms with Crippen LogP contribution in [0.3, 0.4) is 0 Å². The molecule has 6 heteroatoms. The molecule has 4 nitrogen and oxygen atoms in total. The van der Waals surface area contributed by atoms with Crippen molar-refractivity contribution in [3.8, 4) is 0 Å². The summed E-state index contributed by atoms with van der Waals surface area (Å²) in [5.74, 6) is 1.06. The maximum atomic E-state index is 12.4. The van der Waals surface area contributed by atoms with Crippen LogP contribution in [-0.4, -0.2) is 8.94 Å². The summed E-state index contributed by atoms with van der Waals surface area (Å²) < 4.78 is 7.42. The van der Waals surface area contributed by atoms with Gasteiger partial charge in [0.15, 0.2) is 0 Å². The Morgan fingerprint density at radius 3 is 2.89 bits per heavy atom. The number of hydrogen-bond acceptors (Lipinski definition) is 4. The van der Waals surface area contributed by atoms with Gasteiger partial charge in [0.2, 0.25) is 0 Å². The predicted molar refractivity (Wildman–Crippen MR) is 82.6 cm³/mol. The number of nitrogens with zero attached hydrogens (tertiary/aromatic N) is 2. The Morgan fingerprint density at radius 2 is 2.16 bits per heavy atom. The first kappa shape index (κ1) is 13.1. The highest BCUT2D eigenvalue weighted by Gasteiger charge is 2.18. The molecule has 19 heavy (non-hydrogen) atoms. The van der Waals surface area contributed by atoms with E-state index < -0.39 is 0 Å². The SMILES string of the molecule is Nc1nsc2c(=O)n(CC3CCCCC3)cc(Br)c12. The molecular weight excluding hydrogens is 326 g/mol. The number of hydrogen-bond donors (Lipinski definition) is 1. The highest BCUT2D eigenvalue weighted by molar-refractivity contribution is 9.10. The van der Waals surface area contributed by atoms with E-state index in [9.17, 15) is 4.79 Å². The van der Waals surface area contributed by atoms with E-state index in [2.05, 4.69) is 20.3 Å². The third kappa shape index (κ3) is 2.43. The molecule has 1 saturated carbocycles. The van der Waals surface area contributed by atoms with E-state index in [0.717, 1.165) is 16.4 Å². The summed E-state index contributed by atoms with van der Waals surface area (Å²) in [4.78, 5) is 12.4. The highest BCUT2D eigenvalue weighted by Crippen LogP contribution is 2.30. The first-order chi connectivity index (χ1) is 9.16. The van der Waals surface area contributed by atoms with Gasteiger partial charge < -0.3 is 10.3 Å². The lowest BCUT2D eigenvalue weighted by Crippen LogP contribution is -2.24. The molecular formula is C13H16BrN3OS. The van der Waals surface area contributed by atoms with E-state index in [1.165, 1.54) is 43.6 Å². The summed E-state index contributed by atoms with van der Waals surface area (Å²) in [7, 11) is 0. The van der Waals surface area contributed by atoms with Crippen molar-refractivity contribution in [2.45, 2.75) is 38.6 Å². The Morgan fingerprint density at radius 1 is 1.42 bits per heavy atom. The van der Waals surface area contributed by atoms with Gasteiger partial charge in [-0.2, -0.15) is 4.37 Å². The van der Waals surface area contributed by atoms with E-state index in [4.69, 9.17) is 5.73 Å². The standard InChI is InChI=1S/C13H16BrN3OS/c14-9-7-17(6-8-4-2-1-3-5-8)13(18)11-10(9)12(15)16-19-11/h7-8H,1-6H2,(H2,15,16). The summed E-state index contributed by atoms with van der Waals surface area (Å²) in [6.07, 6.45) is 8.23. The smallest absolute Gasteiger partial charge is 0.270 e. The normalized spacial score (nSPS) is 17.1. The lowest BCUT2D eigenvalue weighted by molar-refractivity contribution is 0.316. The molecule has 0 radical (unpaired) electrons. The fourth-order valence-corrected chi connectivity index (χ4v) is 4.41. The van der Waals surface area contributed by atoms with Gasteiger partial charge in [-0.15, -0.1) is 0 Å². The van der Waals surface area contributed by atoms with E-state index in [1.54, 1.807) is 0 Å². The van der Waals surface area contributed by atoms with Gasteiger partial charge in [-0.1, -0.05) is 19.3 Å². The van der Waals surface area contributed by atoms with Crippen molar-refractivity contribution in [2.75, 3.05) is 5.73 Å². The minimum Gasteiger partial charge on any atom is -0.382 e. The molecule has 2 aromatic rings. The summed E-state index contributed by atoms with van der Waals surface area (Å²) >= 11 is 4.70. The summed E-state index contributed by atoms with van der Waals surface area (Å²) in [5.41, 5.74) is 5.84. The average molecular weight is 342 g/mol. The molecule has 0 amide bonds. The first-order valence-electron chi connectivity index (χ1n) is 6.60. The lowest BCUT2D eigenvalue weighted by Gasteiger charge is -2.22. The van der Waals surface area contributed by atoms with Gasteiger partial charge in [0, 0.05) is 17.2 Å². The molecule has 0 aliphatic heterocycles. The summed E-state index contributed by atoms with van der Waals surface area (Å²) in [5, 5.41) is 0.759. The largest absolute Gasteiger partial charge is 0.382 e. The number of nitrogen functional groups attached to an aromatic ring is 1. The molecule has 2 N–H and O–H groups in total. The van der Waals surface area contributed by atoms with E-state index in [-0.39, 0.29) is 5.56 Å². The van der Waals surface area contributed by atoms with Gasteiger partial charge >= 0.3 is 0 Å². The number of aromatic nitrogens is 2. The second-order valence-corrected chi connectivity index (χ2v) is 6.84. The van der Waals surface area contributed by atoms with Crippen molar-refractivity contribution in [3.05, 3.63) is 21.0 Å². The zero-order valence-electron chi connectivity index (χ0n) is 10.6. The zero-order chi connectivity index (χ0) is 13.4. The van der Waals surface area contributed by atoms with Crippen LogP contribution in [0, 0.1) is 5.92 Å². The van der Waals surface area contributed by atoms with Crippen molar-refractivity contribution in [1.29, 1.82) is 0 Å². The lowest BCUT2D eigenvalue weighted by atomic mass is 9.89. The predicted octanol–water partition coefficient (Wildman–Crippen LogP) is 3.38. The molecule has 102 valence electrons. The van der Waals surface area contributed by atoms with Gasteiger partial charge in [-0.3, -0.25) is 4.79 Å². The Labute approximate surface area is 123 Å². The van der Waals surface area contributed by atoms with Crippen LogP contribution in [0.5, 0.6) is 0 Å². The Balaban J connectivity index is 1.99. The number of fused-ring (bicyclic) bond motifs is 1. The number of rotatable bonds is 2. The minimum absolute atomic E-state index is 0.0398. The van der Waals surface area contributed by atoms with Gasteiger partial charge in [0.1, 0.15) is 10.5 Å². The van der Waals surface area contributed by atoms with Crippen molar-refractivity contribution in [2.24, 2.45) is 5.92 Å². The van der Waals surface area contributed by atoms with Crippen LogP contribution in [0.1, 0.15) is 32.1 Å². The molecule has 1 aliphatic rings. The van der Waals surface area contributed by atoms with Crippen LogP contribution in [0.2, 0.25) is 0 Å². The molecule has 0 saturated heterocycles. The van der Waals surface area contributed by atoms with Crippen LogP contribution in [-0.2, 0) is 6.54 Å². The maximum Gasteiger partial charge on any atom is 0.270 e. The zero-order valence-corrected chi connectivity index (χ0v) is 13.0. The number of anilines is 1. The fraction of sp³-hybridized carbons (Fsp3) is 0.538. The van der Waals surface area contributed by atoms with Crippen molar-refractivity contribution in [3.63, 3.8) is 0 Å². The van der Waals surface area contributed by atoms with E-state index in [1.807, 2.05) is 10.8 Å². The number of nitrogens with two attached hydrogens (primary N) is 1. The average Bonchev–Trinajstić information content (AvgIpc) is 2.80. The van der Waals surface area contributed by atoms with Crippen LogP contribution >= 0.6 is 27.5 Å². The fourth-order valence-electron chi connectivity index (χ4n) is 2.85. The van der Waals surface area contributed by atoms with Gasteiger partial charge in [0.25, 0.3) is 5.56 Å². The van der Waals surface area contributed by atoms with Crippen molar-refractivity contribution < 1.29 is 0 Å². The molecule has 0 atom stereocenters. The Hall–Kier alpha value is -0.880. The second-order valence-electron chi connectivity index (χ2n) is 5.21. The molecule has 0 bridgehead atoms. The highest BCUT2D eigenvalue weighted by atomic mass is 79.9. The first-order valence-corrected chi connectivity index (χ1v) is 8.17. The van der Waals surface area contributed by atoms with E-state index >= 15 is 0 Å². The van der Waals surface area contributed by atoms with Crippen LogP contribution in [0.4, 0.5) is 5.82 Å². The topological polar surface area (TPSA) is 60.9 Å². The van der Waals surface area contributed by atoms with Gasteiger partial charge in [-0.25, -0.2) is 0 Å². The number of pyridine rings is 1. The van der Waals surface area contributed by atoms with Crippen molar-refractivity contribution >= 4 is 43.4 Å². The van der Waals surface area contributed by atoms with Crippen LogP contribution in [0.25, 0.3) is 10.1 Å². The third-order valence-corrected chi connectivity index (χ3v) is 5.31. The summed E-state index contributed by atoms with van der Waals surface area (Å²) in [6, 6.07) is 0.